The van der Waals surface area contributed by atoms with Crippen molar-refractivity contribution < 1.29 is 54.2 Å². The van der Waals surface area contributed by atoms with Crippen molar-refractivity contribution in [2.45, 2.75) is 76.0 Å². The number of amides is 2. The van der Waals surface area contributed by atoms with Crippen LogP contribution in [0.3, 0.4) is 0 Å². The van der Waals surface area contributed by atoms with Crippen molar-refractivity contribution in [3.63, 3.8) is 0 Å². The maximum atomic E-state index is 13.1. The van der Waals surface area contributed by atoms with Crippen LogP contribution in [-0.4, -0.2) is 133 Å². The van der Waals surface area contributed by atoms with Gasteiger partial charge in [-0.15, -0.1) is 20.4 Å². The summed E-state index contributed by atoms with van der Waals surface area (Å²) in [5.41, 5.74) is 0.933. The molecule has 0 radical (unpaired) electrons. The molecule has 68 heavy (non-hydrogen) atoms. The van der Waals surface area contributed by atoms with Crippen LogP contribution in [0.25, 0.3) is 34.5 Å². The fraction of sp³-hybridized carbons (Fsp3) is 0.435. The van der Waals surface area contributed by atoms with Crippen LogP contribution < -0.4 is 18.9 Å². The van der Waals surface area contributed by atoms with Crippen LogP contribution in [0, 0.1) is 0 Å². The lowest BCUT2D eigenvalue weighted by molar-refractivity contribution is -0.136. The number of methoxy groups -OCH3 is 4. The molecule has 2 atom stereocenters. The molecule has 6 heterocycles. The highest BCUT2D eigenvalue weighted by atomic mass is 32.2. The largest absolute Gasteiger partial charge is 0.494 e. The Labute approximate surface area is 395 Å². The highest BCUT2D eigenvalue weighted by Crippen LogP contribution is 2.38. The third-order valence-corrected chi connectivity index (χ3v) is 14.9. The van der Waals surface area contributed by atoms with Crippen LogP contribution in [-0.2, 0) is 40.8 Å². The van der Waals surface area contributed by atoms with Gasteiger partial charge < -0.3 is 37.6 Å². The van der Waals surface area contributed by atoms with E-state index in [0.29, 0.717) is 70.4 Å². The first kappa shape index (κ1) is 49.2. The van der Waals surface area contributed by atoms with Crippen LogP contribution in [0.5, 0.6) is 23.0 Å². The molecule has 20 nitrogen and oxygen atoms in total. The molecule has 6 aromatic rings. The number of nitrogens with zero attached hydrogens (tertiary/aromatic N) is 8. The van der Waals surface area contributed by atoms with E-state index in [0.717, 1.165) is 25.7 Å². The average Bonchev–Trinajstić information content (AvgIpc) is 4.17. The Morgan fingerprint density at radius 1 is 0.559 bits per heavy atom. The summed E-state index contributed by atoms with van der Waals surface area (Å²) in [6.45, 7) is 4.20. The Kier molecular flexibility index (Phi) is 15.6. The number of benzene rings is 2. The fourth-order valence-corrected chi connectivity index (χ4v) is 10.8. The Hall–Kier alpha value is -6.68. The fourth-order valence-electron chi connectivity index (χ4n) is 8.42. The molecule has 0 saturated carbocycles. The Balaban J connectivity index is 0.000000201. The molecule has 2 amide bonds. The van der Waals surface area contributed by atoms with Gasteiger partial charge in [-0.3, -0.25) is 18.7 Å². The van der Waals surface area contributed by atoms with Gasteiger partial charge in [0.2, 0.25) is 23.5 Å². The second-order valence-electron chi connectivity index (χ2n) is 16.4. The maximum Gasteiger partial charge on any atom is 0.222 e. The predicted octanol–water partition coefficient (Wildman–Crippen LogP) is 5.72. The smallest absolute Gasteiger partial charge is 0.222 e. The first-order chi connectivity index (χ1) is 32.7. The van der Waals surface area contributed by atoms with E-state index in [4.69, 9.17) is 27.8 Å². The summed E-state index contributed by atoms with van der Waals surface area (Å²) in [4.78, 5) is 27.8. The molecule has 8 rings (SSSR count). The van der Waals surface area contributed by atoms with Gasteiger partial charge in [0.15, 0.2) is 42.8 Å². The van der Waals surface area contributed by atoms with E-state index < -0.39 is 19.7 Å². The van der Waals surface area contributed by atoms with E-state index in [-0.39, 0.29) is 71.6 Å². The van der Waals surface area contributed by atoms with Crippen molar-refractivity contribution >= 4 is 31.5 Å². The van der Waals surface area contributed by atoms with Crippen molar-refractivity contribution in [3.05, 3.63) is 84.8 Å². The highest BCUT2D eigenvalue weighted by Gasteiger charge is 2.32. The molecule has 0 N–H and O–H groups in total. The summed E-state index contributed by atoms with van der Waals surface area (Å²) < 4.78 is 88.9. The van der Waals surface area contributed by atoms with E-state index in [1.807, 2.05) is 13.8 Å². The lowest BCUT2D eigenvalue weighted by atomic mass is 10.0. The van der Waals surface area contributed by atoms with Gasteiger partial charge in [0.05, 0.1) is 52.5 Å². The summed E-state index contributed by atoms with van der Waals surface area (Å²) in [5.74, 6) is 2.56. The number of para-hydroxylation sites is 2. The van der Waals surface area contributed by atoms with Crippen LogP contribution in [0.15, 0.2) is 82.0 Å². The van der Waals surface area contributed by atoms with Gasteiger partial charge in [-0.05, 0) is 88.1 Å². The number of furan rings is 2. The number of aromatic nitrogens is 6. The van der Waals surface area contributed by atoms with E-state index in [9.17, 15) is 26.4 Å². The van der Waals surface area contributed by atoms with Crippen molar-refractivity contribution in [1.29, 1.82) is 0 Å². The zero-order valence-corrected chi connectivity index (χ0v) is 40.5. The number of hydrogen-bond donors (Lipinski definition) is 0. The molecule has 2 aliphatic rings. The van der Waals surface area contributed by atoms with Crippen LogP contribution in [0.2, 0.25) is 0 Å². The Morgan fingerprint density at radius 2 is 0.926 bits per heavy atom. The van der Waals surface area contributed by atoms with Gasteiger partial charge in [0, 0.05) is 38.0 Å². The van der Waals surface area contributed by atoms with Crippen molar-refractivity contribution in [1.82, 2.24) is 39.3 Å². The van der Waals surface area contributed by atoms with Gasteiger partial charge in [0.25, 0.3) is 0 Å². The molecule has 0 unspecified atom stereocenters. The van der Waals surface area contributed by atoms with Crippen molar-refractivity contribution in [3.8, 4) is 57.5 Å². The topological polar surface area (TPSA) is 234 Å². The van der Waals surface area contributed by atoms with E-state index in [1.54, 1.807) is 79.6 Å². The van der Waals surface area contributed by atoms with Gasteiger partial charge in [-0.2, -0.15) is 0 Å². The monoisotopic (exact) mass is 976 g/mol. The molecular weight excluding hydrogens is 921 g/mol. The van der Waals surface area contributed by atoms with Crippen LogP contribution in [0.1, 0.15) is 64.0 Å². The van der Waals surface area contributed by atoms with Gasteiger partial charge in [-0.25, -0.2) is 16.8 Å². The minimum atomic E-state index is -3.64. The molecule has 2 aromatic carbocycles. The molecule has 0 spiro atoms. The van der Waals surface area contributed by atoms with E-state index >= 15 is 0 Å². The summed E-state index contributed by atoms with van der Waals surface area (Å²) in [6.07, 6.45) is 7.34. The minimum Gasteiger partial charge on any atom is -0.494 e. The normalized spacial score (nSPS) is 16.6. The van der Waals surface area contributed by atoms with Crippen molar-refractivity contribution in [2.24, 2.45) is 0 Å². The summed E-state index contributed by atoms with van der Waals surface area (Å²) >= 11 is 0. The molecule has 2 aliphatic heterocycles. The number of ether oxygens (including phenoxy) is 4. The molecule has 0 bridgehead atoms. The third-order valence-electron chi connectivity index (χ3n) is 11.9. The zero-order valence-electron chi connectivity index (χ0n) is 38.9. The molecule has 22 heteroatoms. The molecule has 364 valence electrons. The number of rotatable bonds is 18. The molecule has 2 saturated heterocycles. The van der Waals surface area contributed by atoms with E-state index in [2.05, 4.69) is 20.4 Å². The quantitative estimate of drug-likeness (QED) is 0.100. The number of sulfone groups is 2. The Morgan fingerprint density at radius 3 is 1.24 bits per heavy atom. The molecular formula is C46H56N8O12S2. The maximum absolute atomic E-state index is 13.1. The zero-order chi connectivity index (χ0) is 48.6. The summed E-state index contributed by atoms with van der Waals surface area (Å²) in [7, 11) is -1.21. The first-order valence-electron chi connectivity index (χ1n) is 22.1. The minimum absolute atomic E-state index is 0.00372. The standard InChI is InChI=1S/2C23H28N4O6S/c2*1-16-7-4-11-21(28)26(16)12-14-34(29,30)15-20-24-25-23(19-10-6-13-33-19)27(20)22-17(31-2)8-5-9-18(22)32-3/h2*5-6,8-10,13,16H,4,7,11-12,14-15H2,1-3H3/t2*16-/m10/s1. The number of piperidine rings is 2. The number of carbonyl (C=O) groups excluding carboxylic acids is 2. The number of likely N-dealkylation sites (tertiary alicyclic amines) is 2. The Bertz CT molecular complexity index is 2660. The SMILES string of the molecule is COc1cccc(OC)c1-n1c(CS(=O)(=O)CCN2C(=O)CCC[C@@H]2C)nnc1-c1ccco1.COc1cccc(OC)c1-n1c(CS(=O)(=O)CCN2C(=O)CCC[C@H]2C)nnc1-c1ccco1. The number of hydrogen-bond acceptors (Lipinski definition) is 16. The van der Waals surface area contributed by atoms with Crippen molar-refractivity contribution in [2.75, 3.05) is 53.0 Å². The van der Waals surface area contributed by atoms with E-state index in [1.165, 1.54) is 41.0 Å². The second kappa shape index (κ2) is 21.5. The van der Waals surface area contributed by atoms with Gasteiger partial charge in [-0.1, -0.05) is 12.1 Å². The molecule has 2 fully saturated rings. The van der Waals surface area contributed by atoms with Crippen LogP contribution in [0.4, 0.5) is 0 Å². The predicted molar refractivity (Wildman–Crippen MR) is 249 cm³/mol. The molecule has 0 aliphatic carbocycles. The highest BCUT2D eigenvalue weighted by molar-refractivity contribution is 7.90. The lowest BCUT2D eigenvalue weighted by Crippen LogP contribution is -2.44. The number of carbonyl (C=O) groups is 2. The second-order valence-corrected chi connectivity index (χ2v) is 20.7. The first-order valence-corrected chi connectivity index (χ1v) is 25.7. The lowest BCUT2D eigenvalue weighted by Gasteiger charge is -2.33. The molecule has 4 aromatic heterocycles. The summed E-state index contributed by atoms with van der Waals surface area (Å²) in [6, 6.07) is 17.4. The van der Waals surface area contributed by atoms with Gasteiger partial charge >= 0.3 is 0 Å². The van der Waals surface area contributed by atoms with Crippen LogP contribution >= 0.6 is 0 Å². The van der Waals surface area contributed by atoms with Gasteiger partial charge in [0.1, 0.15) is 45.9 Å². The third kappa shape index (κ3) is 11.0. The average molecular weight is 977 g/mol. The summed E-state index contributed by atoms with van der Waals surface area (Å²) in [5, 5.41) is 16.8.